The first-order chi connectivity index (χ1) is 10.7. The number of carbonyl (C=O) groups excluding carboxylic acids is 1. The summed E-state index contributed by atoms with van der Waals surface area (Å²) in [7, 11) is 0. The average molecular weight is 359 g/mol. The van der Waals surface area contributed by atoms with Gasteiger partial charge in [0.05, 0.1) is 0 Å². The molecular weight excluding hydrogens is 340 g/mol. The maximum Gasteiger partial charge on any atom is 0.251 e. The highest BCUT2D eigenvalue weighted by atomic mass is 79.9. The van der Waals surface area contributed by atoms with Crippen LogP contribution < -0.4 is 10.2 Å². The molecule has 22 heavy (non-hydrogen) atoms. The van der Waals surface area contributed by atoms with Crippen LogP contribution in [0.4, 0.5) is 5.69 Å². The van der Waals surface area contributed by atoms with Crippen LogP contribution in [0.2, 0.25) is 0 Å². The van der Waals surface area contributed by atoms with Gasteiger partial charge in [-0.05, 0) is 43.2 Å². The monoisotopic (exact) mass is 358 g/mol. The zero-order valence-corrected chi connectivity index (χ0v) is 13.9. The Hall–Kier alpha value is -1.81. The molecule has 0 spiro atoms. The lowest BCUT2D eigenvalue weighted by Crippen LogP contribution is -2.40. The van der Waals surface area contributed by atoms with Gasteiger partial charge in [0.15, 0.2) is 0 Å². The van der Waals surface area contributed by atoms with Crippen molar-refractivity contribution in [2.45, 2.75) is 18.9 Å². The summed E-state index contributed by atoms with van der Waals surface area (Å²) in [5.41, 5.74) is 1.93. The fraction of sp³-hybridized carbons (Fsp3) is 0.278. The second-order valence-electron chi connectivity index (χ2n) is 5.55. The zero-order valence-electron chi connectivity index (χ0n) is 12.3. The van der Waals surface area contributed by atoms with E-state index in [-0.39, 0.29) is 5.91 Å². The Morgan fingerprint density at radius 2 is 2.00 bits per heavy atom. The third-order valence-electron chi connectivity index (χ3n) is 4.05. The lowest BCUT2D eigenvalue weighted by atomic mass is 10.2. The van der Waals surface area contributed by atoms with Crippen LogP contribution in [0.5, 0.6) is 0 Å². The number of nitrogens with zero attached hydrogens (tertiary/aromatic N) is 1. The first kappa shape index (κ1) is 15.1. The summed E-state index contributed by atoms with van der Waals surface area (Å²) in [5, 5.41) is 3.07. The lowest BCUT2D eigenvalue weighted by Gasteiger charge is -2.27. The predicted molar refractivity (Wildman–Crippen MR) is 93.3 cm³/mol. The summed E-state index contributed by atoms with van der Waals surface area (Å²) in [5.74, 6) is -0.0128. The number of hydrogen-bond acceptors (Lipinski definition) is 2. The minimum Gasteiger partial charge on any atom is -0.367 e. The molecular formula is C18H19BrN2O. The molecule has 0 saturated carbocycles. The van der Waals surface area contributed by atoms with Gasteiger partial charge >= 0.3 is 0 Å². The van der Waals surface area contributed by atoms with Crippen molar-refractivity contribution < 1.29 is 4.79 Å². The van der Waals surface area contributed by atoms with E-state index >= 15 is 0 Å². The standard InChI is InChI=1S/C18H19BrN2O/c19-15-7-4-6-14(12-15)18(22)20-13-17-10-5-11-21(17)16-8-2-1-3-9-16/h1-4,6-9,12,17H,5,10-11,13H2,(H,20,22). The van der Waals surface area contributed by atoms with Gasteiger partial charge in [-0.3, -0.25) is 4.79 Å². The van der Waals surface area contributed by atoms with Crippen LogP contribution in [0.3, 0.4) is 0 Å². The normalized spacial score (nSPS) is 17.5. The van der Waals surface area contributed by atoms with E-state index in [0.29, 0.717) is 18.2 Å². The molecule has 114 valence electrons. The Bertz CT molecular complexity index is 645. The number of benzene rings is 2. The first-order valence-corrected chi connectivity index (χ1v) is 8.39. The molecule has 0 aromatic heterocycles. The van der Waals surface area contributed by atoms with E-state index in [9.17, 15) is 4.79 Å². The van der Waals surface area contributed by atoms with Crippen LogP contribution in [-0.2, 0) is 0 Å². The summed E-state index contributed by atoms with van der Waals surface area (Å²) in [6.45, 7) is 1.74. The summed E-state index contributed by atoms with van der Waals surface area (Å²) < 4.78 is 0.923. The largest absolute Gasteiger partial charge is 0.367 e. The highest BCUT2D eigenvalue weighted by Crippen LogP contribution is 2.24. The minimum atomic E-state index is -0.0128. The maximum absolute atomic E-state index is 12.2. The smallest absolute Gasteiger partial charge is 0.251 e. The molecule has 1 atom stereocenters. The number of carbonyl (C=O) groups is 1. The van der Waals surface area contributed by atoms with E-state index in [0.717, 1.165) is 17.4 Å². The van der Waals surface area contributed by atoms with Crippen LogP contribution in [0.1, 0.15) is 23.2 Å². The quantitative estimate of drug-likeness (QED) is 0.900. The summed E-state index contributed by atoms with van der Waals surface area (Å²) in [6.07, 6.45) is 2.29. The number of para-hydroxylation sites is 1. The molecule has 1 amide bonds. The van der Waals surface area contributed by atoms with Gasteiger partial charge in [-0.15, -0.1) is 0 Å². The molecule has 0 radical (unpaired) electrons. The number of nitrogens with one attached hydrogen (secondary N) is 1. The summed E-state index contributed by atoms with van der Waals surface area (Å²) in [4.78, 5) is 14.6. The summed E-state index contributed by atoms with van der Waals surface area (Å²) >= 11 is 3.40. The highest BCUT2D eigenvalue weighted by Gasteiger charge is 2.25. The van der Waals surface area contributed by atoms with Crippen LogP contribution in [-0.4, -0.2) is 25.0 Å². The minimum absolute atomic E-state index is 0.0128. The van der Waals surface area contributed by atoms with Crippen LogP contribution >= 0.6 is 15.9 Å². The van der Waals surface area contributed by atoms with Crippen molar-refractivity contribution >= 4 is 27.5 Å². The van der Waals surface area contributed by atoms with Gasteiger partial charge in [-0.2, -0.15) is 0 Å². The van der Waals surface area contributed by atoms with Gasteiger partial charge < -0.3 is 10.2 Å². The van der Waals surface area contributed by atoms with Crippen molar-refractivity contribution in [3.8, 4) is 0 Å². The fourth-order valence-corrected chi connectivity index (χ4v) is 3.35. The van der Waals surface area contributed by atoms with E-state index in [4.69, 9.17) is 0 Å². The van der Waals surface area contributed by atoms with Crippen molar-refractivity contribution in [2.75, 3.05) is 18.0 Å². The van der Waals surface area contributed by atoms with Crippen molar-refractivity contribution in [2.24, 2.45) is 0 Å². The second-order valence-corrected chi connectivity index (χ2v) is 6.46. The van der Waals surface area contributed by atoms with Crippen molar-refractivity contribution in [1.82, 2.24) is 5.32 Å². The van der Waals surface area contributed by atoms with Gasteiger partial charge in [-0.25, -0.2) is 0 Å². The molecule has 1 saturated heterocycles. The molecule has 1 aliphatic rings. The Morgan fingerprint density at radius 3 is 2.77 bits per heavy atom. The molecule has 4 heteroatoms. The zero-order chi connectivity index (χ0) is 15.4. The van der Waals surface area contributed by atoms with Gasteiger partial charge in [0, 0.05) is 34.9 Å². The van der Waals surface area contributed by atoms with Crippen LogP contribution in [0.25, 0.3) is 0 Å². The van der Waals surface area contributed by atoms with Crippen molar-refractivity contribution in [3.05, 3.63) is 64.6 Å². The molecule has 3 rings (SSSR count). The number of hydrogen-bond donors (Lipinski definition) is 1. The third-order valence-corrected chi connectivity index (χ3v) is 4.54. The second kappa shape index (κ2) is 6.97. The Labute approximate surface area is 139 Å². The molecule has 0 aliphatic carbocycles. The van der Waals surface area contributed by atoms with E-state index in [1.165, 1.54) is 12.1 Å². The van der Waals surface area contributed by atoms with E-state index in [1.807, 2.05) is 30.3 Å². The average Bonchev–Trinajstić information content (AvgIpc) is 3.02. The van der Waals surface area contributed by atoms with Crippen LogP contribution in [0.15, 0.2) is 59.1 Å². The molecule has 1 heterocycles. The molecule has 1 aliphatic heterocycles. The highest BCUT2D eigenvalue weighted by molar-refractivity contribution is 9.10. The molecule has 0 bridgehead atoms. The van der Waals surface area contributed by atoms with Gasteiger partial charge in [-0.1, -0.05) is 40.2 Å². The number of anilines is 1. The molecule has 1 fully saturated rings. The topological polar surface area (TPSA) is 32.3 Å². The first-order valence-electron chi connectivity index (χ1n) is 7.59. The van der Waals surface area contributed by atoms with E-state index in [2.05, 4.69) is 50.4 Å². The Kier molecular flexibility index (Phi) is 4.78. The molecule has 3 nitrogen and oxygen atoms in total. The van der Waals surface area contributed by atoms with Crippen molar-refractivity contribution in [3.63, 3.8) is 0 Å². The molecule has 2 aromatic carbocycles. The Morgan fingerprint density at radius 1 is 1.18 bits per heavy atom. The third kappa shape index (κ3) is 3.50. The van der Waals surface area contributed by atoms with Crippen molar-refractivity contribution in [1.29, 1.82) is 0 Å². The fourth-order valence-electron chi connectivity index (χ4n) is 2.95. The van der Waals surface area contributed by atoms with Gasteiger partial charge in [0.25, 0.3) is 5.91 Å². The lowest BCUT2D eigenvalue weighted by molar-refractivity contribution is 0.0951. The number of rotatable bonds is 4. The number of halogens is 1. The van der Waals surface area contributed by atoms with Gasteiger partial charge in [0.1, 0.15) is 0 Å². The molecule has 2 aromatic rings. The van der Waals surface area contributed by atoms with E-state index in [1.54, 1.807) is 0 Å². The SMILES string of the molecule is O=C(NCC1CCCN1c1ccccc1)c1cccc(Br)c1. The van der Waals surface area contributed by atoms with Gasteiger partial charge in [0.2, 0.25) is 0 Å². The summed E-state index contributed by atoms with van der Waals surface area (Å²) in [6, 6.07) is 18.3. The van der Waals surface area contributed by atoms with Crippen LogP contribution in [0, 0.1) is 0 Å². The number of amides is 1. The Balaban J connectivity index is 1.62. The maximum atomic E-state index is 12.2. The predicted octanol–water partition coefficient (Wildman–Crippen LogP) is 3.85. The van der Waals surface area contributed by atoms with E-state index < -0.39 is 0 Å². The molecule has 1 unspecified atom stereocenters. The molecule has 1 N–H and O–H groups in total.